The minimum atomic E-state index is -0.511. The first-order valence-electron chi connectivity index (χ1n) is 10.9. The van der Waals surface area contributed by atoms with Gasteiger partial charge in [-0.1, -0.05) is 6.07 Å². The van der Waals surface area contributed by atoms with Crippen molar-refractivity contribution in [2.75, 3.05) is 23.9 Å². The Hall–Kier alpha value is -4.05. The van der Waals surface area contributed by atoms with Gasteiger partial charge in [0.05, 0.1) is 24.4 Å². The van der Waals surface area contributed by atoms with Crippen LogP contribution in [0.4, 0.5) is 15.9 Å². The third-order valence-electron chi connectivity index (χ3n) is 5.76. The summed E-state index contributed by atoms with van der Waals surface area (Å²) >= 11 is 1.36. The predicted octanol–water partition coefficient (Wildman–Crippen LogP) is 4.44. The van der Waals surface area contributed by atoms with Crippen molar-refractivity contribution in [2.24, 2.45) is 5.92 Å². The molecule has 0 spiro atoms. The second-order valence-corrected chi connectivity index (χ2v) is 9.04. The average molecular weight is 492 g/mol. The molecule has 0 saturated carbocycles. The van der Waals surface area contributed by atoms with E-state index >= 15 is 0 Å². The molecule has 1 aliphatic heterocycles. The first-order chi connectivity index (χ1) is 16.9. The quantitative estimate of drug-likeness (QED) is 0.431. The molecule has 0 bridgehead atoms. The fraction of sp³-hybridized carbons (Fsp3) is 0.200. The van der Waals surface area contributed by atoms with Gasteiger partial charge in [-0.2, -0.15) is 9.78 Å². The molecule has 2 amide bonds. The summed E-state index contributed by atoms with van der Waals surface area (Å²) in [6, 6.07) is 15.1. The average Bonchev–Trinajstić information content (AvgIpc) is 3.58. The van der Waals surface area contributed by atoms with Crippen LogP contribution in [0.2, 0.25) is 0 Å². The maximum Gasteiger partial charge on any atom is 0.230 e. The van der Waals surface area contributed by atoms with E-state index in [1.54, 1.807) is 47.0 Å². The minimum absolute atomic E-state index is 0.113. The number of hydrogen-bond donors (Lipinski definition) is 1. The molecule has 1 unspecified atom stereocenters. The van der Waals surface area contributed by atoms with E-state index in [0.29, 0.717) is 33.8 Å². The largest absolute Gasteiger partial charge is 0.497 e. The van der Waals surface area contributed by atoms with Crippen molar-refractivity contribution in [1.29, 1.82) is 0 Å². The molecule has 10 heteroatoms. The zero-order valence-corrected chi connectivity index (χ0v) is 19.9. The number of aryl methyl sites for hydroxylation is 1. The Morgan fingerprint density at radius 2 is 2.00 bits per heavy atom. The molecule has 1 aliphatic rings. The molecule has 8 nitrogen and oxygen atoms in total. The Morgan fingerprint density at radius 3 is 2.77 bits per heavy atom. The molecule has 2 aromatic heterocycles. The number of halogens is 1. The number of thiazole rings is 1. The number of aromatic nitrogens is 3. The molecule has 0 aliphatic carbocycles. The van der Waals surface area contributed by atoms with Crippen LogP contribution in [-0.4, -0.2) is 40.2 Å². The van der Waals surface area contributed by atoms with E-state index in [4.69, 9.17) is 4.74 Å². The molecule has 35 heavy (non-hydrogen) atoms. The topological polar surface area (TPSA) is 89.3 Å². The third-order valence-corrected chi connectivity index (χ3v) is 6.57. The molecule has 3 heterocycles. The summed E-state index contributed by atoms with van der Waals surface area (Å²) < 4.78 is 20.1. The Bertz CT molecular complexity index is 1400. The van der Waals surface area contributed by atoms with Crippen molar-refractivity contribution in [2.45, 2.75) is 13.3 Å². The van der Waals surface area contributed by atoms with Gasteiger partial charge >= 0.3 is 0 Å². The molecule has 178 valence electrons. The summed E-state index contributed by atoms with van der Waals surface area (Å²) in [5.41, 5.74) is 2.87. The lowest BCUT2D eigenvalue weighted by atomic mass is 10.1. The van der Waals surface area contributed by atoms with Crippen molar-refractivity contribution in [3.05, 3.63) is 71.5 Å². The standard InChI is InChI=1S/C25H22FN5O3S/c1-15-10-22(31(29-15)25-27-21(14-35-25)16-6-8-18(26)9-7-16)28-24(33)17-11-23(32)30(13-17)19-4-3-5-20(12-19)34-2/h3-10,12,14,17H,11,13H2,1-2H3,(H,28,33). The lowest BCUT2D eigenvalue weighted by Gasteiger charge is -2.17. The maximum atomic E-state index is 13.3. The van der Waals surface area contributed by atoms with Crippen LogP contribution >= 0.6 is 11.3 Å². The van der Waals surface area contributed by atoms with E-state index in [1.165, 1.54) is 23.5 Å². The number of benzene rings is 2. The number of rotatable bonds is 6. The summed E-state index contributed by atoms with van der Waals surface area (Å²) in [7, 11) is 1.57. The van der Waals surface area contributed by atoms with Gasteiger partial charge in [-0.05, 0) is 43.3 Å². The van der Waals surface area contributed by atoms with Crippen molar-refractivity contribution < 1.29 is 18.7 Å². The molecular weight excluding hydrogens is 469 g/mol. The second-order valence-electron chi connectivity index (χ2n) is 8.20. The predicted molar refractivity (Wildman–Crippen MR) is 131 cm³/mol. The van der Waals surface area contributed by atoms with Gasteiger partial charge in [-0.15, -0.1) is 11.3 Å². The number of methoxy groups -OCH3 is 1. The summed E-state index contributed by atoms with van der Waals surface area (Å²) in [6.45, 7) is 2.10. The van der Waals surface area contributed by atoms with E-state index < -0.39 is 5.92 Å². The number of nitrogens with one attached hydrogen (secondary N) is 1. The number of nitrogens with zero attached hydrogens (tertiary/aromatic N) is 4. The van der Waals surface area contributed by atoms with Crippen LogP contribution in [0.1, 0.15) is 12.1 Å². The Labute approximate surface area is 205 Å². The minimum Gasteiger partial charge on any atom is -0.497 e. The van der Waals surface area contributed by atoms with Crippen LogP contribution in [-0.2, 0) is 9.59 Å². The van der Waals surface area contributed by atoms with Crippen molar-refractivity contribution >= 4 is 34.7 Å². The van der Waals surface area contributed by atoms with Gasteiger partial charge in [0, 0.05) is 41.7 Å². The van der Waals surface area contributed by atoms with E-state index in [-0.39, 0.29) is 30.6 Å². The summed E-state index contributed by atoms with van der Waals surface area (Å²) in [6.07, 6.45) is 0.113. The number of carbonyl (C=O) groups is 2. The SMILES string of the molecule is COc1cccc(N2CC(C(=O)Nc3cc(C)nn3-c3nc(-c4ccc(F)cc4)cs3)CC2=O)c1. The maximum absolute atomic E-state index is 13.3. The van der Waals surface area contributed by atoms with Gasteiger partial charge in [0.15, 0.2) is 0 Å². The van der Waals surface area contributed by atoms with Crippen LogP contribution in [0.5, 0.6) is 5.75 Å². The number of hydrogen-bond acceptors (Lipinski definition) is 6. The molecule has 1 saturated heterocycles. The van der Waals surface area contributed by atoms with Crippen molar-refractivity contribution in [3.8, 4) is 22.1 Å². The third kappa shape index (κ3) is 4.65. The Balaban J connectivity index is 1.33. The molecular formula is C25H22FN5O3S. The van der Waals surface area contributed by atoms with Gasteiger partial charge in [0.2, 0.25) is 16.9 Å². The summed E-state index contributed by atoms with van der Waals surface area (Å²) in [5, 5.41) is 9.81. The van der Waals surface area contributed by atoms with Crippen LogP contribution in [0.25, 0.3) is 16.4 Å². The zero-order valence-electron chi connectivity index (χ0n) is 19.1. The van der Waals surface area contributed by atoms with Gasteiger partial charge in [-0.3, -0.25) is 9.59 Å². The van der Waals surface area contributed by atoms with Crippen LogP contribution in [0.15, 0.2) is 60.0 Å². The van der Waals surface area contributed by atoms with Crippen LogP contribution in [0, 0.1) is 18.7 Å². The van der Waals surface area contributed by atoms with Gasteiger partial charge in [0.25, 0.3) is 0 Å². The highest BCUT2D eigenvalue weighted by molar-refractivity contribution is 7.12. The number of amides is 2. The normalized spacial score (nSPS) is 15.5. The molecule has 1 fully saturated rings. The number of ether oxygens (including phenoxy) is 1. The van der Waals surface area contributed by atoms with Crippen LogP contribution in [0.3, 0.4) is 0 Å². The van der Waals surface area contributed by atoms with E-state index in [0.717, 1.165) is 5.56 Å². The van der Waals surface area contributed by atoms with Gasteiger partial charge < -0.3 is 15.0 Å². The van der Waals surface area contributed by atoms with Gasteiger partial charge in [0.1, 0.15) is 17.4 Å². The first kappa shape index (κ1) is 22.7. The number of anilines is 2. The highest BCUT2D eigenvalue weighted by Gasteiger charge is 2.35. The van der Waals surface area contributed by atoms with Crippen LogP contribution < -0.4 is 15.0 Å². The van der Waals surface area contributed by atoms with E-state index in [9.17, 15) is 14.0 Å². The Kier molecular flexibility index (Phi) is 6.04. The van der Waals surface area contributed by atoms with E-state index in [1.807, 2.05) is 24.4 Å². The summed E-state index contributed by atoms with van der Waals surface area (Å²) in [5.74, 6) is -0.0892. The fourth-order valence-electron chi connectivity index (χ4n) is 3.99. The first-order valence-corrected chi connectivity index (χ1v) is 11.8. The highest BCUT2D eigenvalue weighted by atomic mass is 32.1. The van der Waals surface area contributed by atoms with Crippen molar-refractivity contribution in [3.63, 3.8) is 0 Å². The molecule has 5 rings (SSSR count). The number of carbonyl (C=O) groups excluding carboxylic acids is 2. The summed E-state index contributed by atoms with van der Waals surface area (Å²) in [4.78, 5) is 32.0. The molecule has 1 N–H and O–H groups in total. The fourth-order valence-corrected chi connectivity index (χ4v) is 4.78. The monoisotopic (exact) mass is 491 g/mol. The Morgan fingerprint density at radius 1 is 1.20 bits per heavy atom. The smallest absolute Gasteiger partial charge is 0.230 e. The second kappa shape index (κ2) is 9.30. The highest BCUT2D eigenvalue weighted by Crippen LogP contribution is 2.30. The van der Waals surface area contributed by atoms with Crippen molar-refractivity contribution in [1.82, 2.24) is 14.8 Å². The molecule has 1 atom stereocenters. The molecule has 2 aromatic carbocycles. The zero-order chi connectivity index (χ0) is 24.5. The lowest BCUT2D eigenvalue weighted by molar-refractivity contribution is -0.122. The molecule has 4 aromatic rings. The van der Waals surface area contributed by atoms with E-state index in [2.05, 4.69) is 15.4 Å². The van der Waals surface area contributed by atoms with Gasteiger partial charge in [-0.25, -0.2) is 9.37 Å². The lowest BCUT2D eigenvalue weighted by Crippen LogP contribution is -2.28. The molecule has 0 radical (unpaired) electrons.